The number of hydrogen-bond donors (Lipinski definition) is 0. The third kappa shape index (κ3) is 3.84. The molecule has 0 aromatic heterocycles. The van der Waals surface area contributed by atoms with Crippen molar-refractivity contribution in [3.8, 4) is 0 Å². The summed E-state index contributed by atoms with van der Waals surface area (Å²) in [5.74, 6) is 1.36. The number of fused-ring (bicyclic) bond motifs is 3. The van der Waals surface area contributed by atoms with Gasteiger partial charge in [-0.15, -0.1) is 0 Å². The van der Waals surface area contributed by atoms with Gasteiger partial charge in [-0.05, 0) is 49.5 Å². The molecule has 4 nitrogen and oxygen atoms in total. The quantitative estimate of drug-likeness (QED) is 0.775. The van der Waals surface area contributed by atoms with Crippen LogP contribution in [0.25, 0.3) is 0 Å². The van der Waals surface area contributed by atoms with Gasteiger partial charge in [-0.2, -0.15) is 4.99 Å². The van der Waals surface area contributed by atoms with Crippen LogP contribution in [0.5, 0.6) is 0 Å². The average Bonchev–Trinajstić information content (AvgIpc) is 3.02. The van der Waals surface area contributed by atoms with Gasteiger partial charge in [0.1, 0.15) is 29.9 Å². The third-order valence-corrected chi connectivity index (χ3v) is 5.27. The number of allylic oxidation sites excluding steroid dienone is 1. The fraction of sp³-hybridized carbons (Fsp3) is 0.476. The van der Waals surface area contributed by atoms with Gasteiger partial charge in [0, 0.05) is 31.3 Å². The Labute approximate surface area is 158 Å². The molecule has 144 valence electrons. The molecule has 0 radical (unpaired) electrons. The molecule has 0 aliphatic carbocycles. The zero-order chi connectivity index (χ0) is 18.8. The molecular formula is C21H25F2N3O. The predicted molar refractivity (Wildman–Crippen MR) is 101 cm³/mol. The second-order valence-electron chi connectivity index (χ2n) is 7.32. The molecule has 0 amide bonds. The van der Waals surface area contributed by atoms with E-state index in [9.17, 15) is 8.78 Å². The first-order valence-electron chi connectivity index (χ1n) is 9.76. The SMILES string of the molecule is CCC/C=C1/N=C(OCc2cc(F)cc(F)c2)C=C2N1CC1CCCCN21. The Hall–Kier alpha value is -2.37. The van der Waals surface area contributed by atoms with Crippen LogP contribution in [0.4, 0.5) is 8.78 Å². The van der Waals surface area contributed by atoms with E-state index in [1.807, 2.05) is 6.08 Å². The van der Waals surface area contributed by atoms with E-state index in [4.69, 9.17) is 4.74 Å². The first-order chi connectivity index (χ1) is 13.1. The van der Waals surface area contributed by atoms with Crippen molar-refractivity contribution in [2.45, 2.75) is 51.7 Å². The van der Waals surface area contributed by atoms with E-state index >= 15 is 0 Å². The number of unbranched alkanes of at least 4 members (excludes halogenated alkanes) is 1. The minimum Gasteiger partial charge on any atom is -0.473 e. The van der Waals surface area contributed by atoms with E-state index in [0.29, 0.717) is 17.5 Å². The van der Waals surface area contributed by atoms with Gasteiger partial charge in [-0.1, -0.05) is 13.3 Å². The van der Waals surface area contributed by atoms with Crippen LogP contribution in [0.3, 0.4) is 0 Å². The molecule has 4 rings (SSSR count). The minimum absolute atomic E-state index is 0.0851. The van der Waals surface area contributed by atoms with Gasteiger partial charge in [0.15, 0.2) is 0 Å². The summed E-state index contributed by atoms with van der Waals surface area (Å²) in [6.07, 6.45) is 9.79. The highest BCUT2D eigenvalue weighted by atomic mass is 19.1. The molecule has 1 unspecified atom stereocenters. The van der Waals surface area contributed by atoms with E-state index < -0.39 is 11.6 Å². The van der Waals surface area contributed by atoms with Crippen LogP contribution in [0, 0.1) is 11.6 Å². The first-order valence-corrected chi connectivity index (χ1v) is 9.76. The fourth-order valence-electron chi connectivity index (χ4n) is 3.99. The lowest BCUT2D eigenvalue weighted by molar-refractivity contribution is 0.234. The molecule has 2 saturated heterocycles. The van der Waals surface area contributed by atoms with E-state index in [1.165, 1.54) is 31.4 Å². The molecular weight excluding hydrogens is 348 g/mol. The van der Waals surface area contributed by atoms with Crippen LogP contribution in [0.2, 0.25) is 0 Å². The van der Waals surface area contributed by atoms with Gasteiger partial charge in [0.2, 0.25) is 5.90 Å². The Morgan fingerprint density at radius 3 is 2.81 bits per heavy atom. The Balaban J connectivity index is 1.56. The summed E-state index contributed by atoms with van der Waals surface area (Å²) in [6.45, 7) is 4.25. The predicted octanol–water partition coefficient (Wildman–Crippen LogP) is 4.55. The van der Waals surface area contributed by atoms with Gasteiger partial charge in [-0.3, -0.25) is 0 Å². The van der Waals surface area contributed by atoms with Crippen LogP contribution >= 0.6 is 0 Å². The van der Waals surface area contributed by atoms with E-state index in [-0.39, 0.29) is 6.61 Å². The van der Waals surface area contributed by atoms with Gasteiger partial charge >= 0.3 is 0 Å². The van der Waals surface area contributed by atoms with Crippen LogP contribution in [-0.2, 0) is 11.3 Å². The maximum Gasteiger partial charge on any atom is 0.219 e. The van der Waals surface area contributed by atoms with Gasteiger partial charge in [0.05, 0.1) is 0 Å². The average molecular weight is 373 g/mol. The number of piperidine rings is 1. The van der Waals surface area contributed by atoms with Gasteiger partial charge in [0.25, 0.3) is 0 Å². The molecule has 0 bridgehead atoms. The molecule has 3 aliphatic heterocycles. The van der Waals surface area contributed by atoms with Crippen molar-refractivity contribution in [1.29, 1.82) is 0 Å². The van der Waals surface area contributed by atoms with Crippen molar-refractivity contribution < 1.29 is 13.5 Å². The molecule has 1 atom stereocenters. The first kappa shape index (κ1) is 18.0. The largest absolute Gasteiger partial charge is 0.473 e. The van der Waals surface area contributed by atoms with Crippen molar-refractivity contribution >= 4 is 5.90 Å². The summed E-state index contributed by atoms with van der Waals surface area (Å²) in [5.41, 5.74) is 0.456. The number of aliphatic imine (C=N–C) groups is 1. The number of hydrogen-bond acceptors (Lipinski definition) is 4. The summed E-state index contributed by atoms with van der Waals surface area (Å²) < 4.78 is 32.6. The zero-order valence-corrected chi connectivity index (χ0v) is 15.6. The van der Waals surface area contributed by atoms with Crippen LogP contribution in [0.1, 0.15) is 44.6 Å². The monoisotopic (exact) mass is 373 g/mol. The maximum absolute atomic E-state index is 13.4. The highest BCUT2D eigenvalue weighted by Crippen LogP contribution is 2.36. The Kier molecular flexibility index (Phi) is 5.14. The second-order valence-corrected chi connectivity index (χ2v) is 7.32. The number of ether oxygens (including phenoxy) is 1. The Bertz CT molecular complexity index is 782. The van der Waals surface area contributed by atoms with Crippen LogP contribution < -0.4 is 0 Å². The molecule has 3 heterocycles. The normalized spacial score (nSPS) is 23.1. The van der Waals surface area contributed by atoms with E-state index in [1.54, 1.807) is 0 Å². The summed E-state index contributed by atoms with van der Waals surface area (Å²) in [7, 11) is 0. The smallest absolute Gasteiger partial charge is 0.219 e. The summed E-state index contributed by atoms with van der Waals surface area (Å²) in [6, 6.07) is 3.97. The van der Waals surface area contributed by atoms with E-state index in [0.717, 1.165) is 43.6 Å². The highest BCUT2D eigenvalue weighted by molar-refractivity contribution is 5.90. The Morgan fingerprint density at radius 2 is 2.04 bits per heavy atom. The topological polar surface area (TPSA) is 28.1 Å². The lowest BCUT2D eigenvalue weighted by Crippen LogP contribution is -2.34. The van der Waals surface area contributed by atoms with Crippen LogP contribution in [0.15, 0.2) is 47.0 Å². The Morgan fingerprint density at radius 1 is 1.22 bits per heavy atom. The third-order valence-electron chi connectivity index (χ3n) is 5.27. The van der Waals surface area contributed by atoms with E-state index in [2.05, 4.69) is 27.8 Å². The molecule has 2 fully saturated rings. The molecule has 6 heteroatoms. The molecule has 27 heavy (non-hydrogen) atoms. The lowest BCUT2D eigenvalue weighted by atomic mass is 10.0. The van der Waals surface area contributed by atoms with Gasteiger partial charge in [-0.25, -0.2) is 8.78 Å². The molecule has 1 aromatic rings. The lowest BCUT2D eigenvalue weighted by Gasteiger charge is -2.32. The zero-order valence-electron chi connectivity index (χ0n) is 15.6. The van der Waals surface area contributed by atoms with Crippen molar-refractivity contribution in [3.63, 3.8) is 0 Å². The molecule has 0 spiro atoms. The number of halogens is 2. The number of nitrogens with zero attached hydrogens (tertiary/aromatic N) is 3. The number of rotatable bonds is 4. The van der Waals surface area contributed by atoms with Crippen molar-refractivity contribution in [2.75, 3.05) is 13.1 Å². The number of benzene rings is 1. The summed E-state index contributed by atoms with van der Waals surface area (Å²) in [4.78, 5) is 9.40. The van der Waals surface area contributed by atoms with Crippen molar-refractivity contribution in [2.24, 2.45) is 4.99 Å². The van der Waals surface area contributed by atoms with Crippen molar-refractivity contribution in [3.05, 3.63) is 59.2 Å². The van der Waals surface area contributed by atoms with Crippen molar-refractivity contribution in [1.82, 2.24) is 9.80 Å². The standard InChI is InChI=1S/C21H25F2N3O/c1-2-3-7-19-24-20(27-14-15-9-16(22)11-17(23)10-15)12-21-25-8-5-4-6-18(25)13-26(19)21/h7,9-12,18H,2-6,8,13-14H2,1H3/b19-7-. The molecule has 0 saturated carbocycles. The summed E-state index contributed by atoms with van der Waals surface area (Å²) in [5, 5.41) is 0. The fourth-order valence-corrected chi connectivity index (χ4v) is 3.99. The molecule has 1 aromatic carbocycles. The molecule has 0 N–H and O–H groups in total. The van der Waals surface area contributed by atoms with Crippen LogP contribution in [-0.4, -0.2) is 34.8 Å². The maximum atomic E-state index is 13.4. The molecule has 3 aliphatic rings. The highest BCUT2D eigenvalue weighted by Gasteiger charge is 2.38. The summed E-state index contributed by atoms with van der Waals surface area (Å²) >= 11 is 0. The second kappa shape index (κ2) is 7.71. The minimum atomic E-state index is -0.598. The van der Waals surface area contributed by atoms with Gasteiger partial charge < -0.3 is 14.5 Å².